The molecule has 0 aliphatic carbocycles. The average molecular weight is 221 g/mol. The lowest BCUT2D eigenvalue weighted by atomic mass is 10.3. The molecule has 0 N–H and O–H groups in total. The quantitative estimate of drug-likeness (QED) is 0.580. The second-order valence-electron chi connectivity index (χ2n) is 3.57. The number of rotatable bonds is 8. The van der Waals surface area contributed by atoms with Gasteiger partial charge in [-0.15, -0.1) is 11.6 Å². The van der Waals surface area contributed by atoms with E-state index in [-0.39, 0.29) is 5.38 Å². The van der Waals surface area contributed by atoms with Crippen molar-refractivity contribution in [1.29, 1.82) is 0 Å². The van der Waals surface area contributed by atoms with Crippen molar-refractivity contribution >= 4 is 11.6 Å². The summed E-state index contributed by atoms with van der Waals surface area (Å²) in [6.07, 6.45) is 0. The maximum Gasteiger partial charge on any atom is 0.0590 e. The Kier molecular flexibility index (Phi) is 8.64. The zero-order chi connectivity index (χ0) is 11.0. The molecule has 0 aromatic heterocycles. The molecule has 0 rings (SSSR count). The van der Waals surface area contributed by atoms with E-state index in [0.29, 0.717) is 0 Å². The molecule has 0 radical (unpaired) electrons. The molecular weight excluding hydrogens is 196 g/mol. The number of hydrogen-bond acceptors (Lipinski definition) is 2. The van der Waals surface area contributed by atoms with Crippen LogP contribution in [0.1, 0.15) is 27.7 Å². The molecule has 0 aromatic rings. The van der Waals surface area contributed by atoms with Gasteiger partial charge in [0.25, 0.3) is 0 Å². The molecule has 0 atom stereocenters. The summed E-state index contributed by atoms with van der Waals surface area (Å²) < 4.78 is 0. The van der Waals surface area contributed by atoms with E-state index in [1.807, 2.05) is 0 Å². The molecule has 3 heteroatoms. The predicted octanol–water partition coefficient (Wildman–Crippen LogP) is 2.28. The molecule has 0 aliphatic rings. The molecule has 86 valence electrons. The van der Waals surface area contributed by atoms with Crippen molar-refractivity contribution in [3.8, 4) is 0 Å². The fourth-order valence-electron chi connectivity index (χ4n) is 1.58. The van der Waals surface area contributed by atoms with Gasteiger partial charge in [-0.25, -0.2) is 0 Å². The largest absolute Gasteiger partial charge is 0.302 e. The summed E-state index contributed by atoms with van der Waals surface area (Å²) in [5.74, 6) is 0. The van der Waals surface area contributed by atoms with Crippen LogP contribution in [0.15, 0.2) is 0 Å². The summed E-state index contributed by atoms with van der Waals surface area (Å²) in [4.78, 5) is 4.75. The number of hydrogen-bond donors (Lipinski definition) is 0. The van der Waals surface area contributed by atoms with Crippen LogP contribution in [0, 0.1) is 0 Å². The Hall–Kier alpha value is 0.210. The second-order valence-corrected chi connectivity index (χ2v) is 4.19. The summed E-state index contributed by atoms with van der Waals surface area (Å²) >= 11 is 6.30. The monoisotopic (exact) mass is 220 g/mol. The van der Waals surface area contributed by atoms with Crippen molar-refractivity contribution in [2.45, 2.75) is 33.1 Å². The van der Waals surface area contributed by atoms with Crippen LogP contribution in [-0.2, 0) is 0 Å². The zero-order valence-corrected chi connectivity index (χ0v) is 10.8. The van der Waals surface area contributed by atoms with Crippen LogP contribution in [0.25, 0.3) is 0 Å². The van der Waals surface area contributed by atoms with Gasteiger partial charge in [-0.05, 0) is 26.2 Å². The van der Waals surface area contributed by atoms with E-state index < -0.39 is 0 Å². The molecule has 0 saturated carbocycles. The average Bonchev–Trinajstić information content (AvgIpc) is 2.22. The highest BCUT2D eigenvalue weighted by atomic mass is 35.5. The summed E-state index contributed by atoms with van der Waals surface area (Å²) in [6.45, 7) is 15.1. The van der Waals surface area contributed by atoms with Gasteiger partial charge in [0.1, 0.15) is 0 Å². The van der Waals surface area contributed by atoms with E-state index >= 15 is 0 Å². The normalized spacial score (nSPS) is 12.0. The first-order valence-corrected chi connectivity index (χ1v) is 6.20. The summed E-state index contributed by atoms with van der Waals surface area (Å²) in [6, 6.07) is 0. The van der Waals surface area contributed by atoms with Crippen molar-refractivity contribution in [1.82, 2.24) is 9.80 Å². The number of halogens is 1. The van der Waals surface area contributed by atoms with Gasteiger partial charge in [0.05, 0.1) is 5.38 Å². The molecule has 0 bridgehead atoms. The van der Waals surface area contributed by atoms with Gasteiger partial charge < -0.3 is 9.80 Å². The van der Waals surface area contributed by atoms with Gasteiger partial charge in [-0.1, -0.05) is 27.7 Å². The minimum atomic E-state index is 0.259. The van der Waals surface area contributed by atoms with E-state index in [9.17, 15) is 0 Å². The van der Waals surface area contributed by atoms with E-state index in [2.05, 4.69) is 37.5 Å². The standard InChI is InChI=1S/C11H25ClN2/c1-5-13(6-2)9-11(12)10-14(7-3)8-4/h11H,5-10H2,1-4H3. The minimum Gasteiger partial charge on any atom is -0.302 e. The smallest absolute Gasteiger partial charge is 0.0590 e. The summed E-state index contributed by atoms with van der Waals surface area (Å²) in [7, 11) is 0. The maximum atomic E-state index is 6.30. The highest BCUT2D eigenvalue weighted by Gasteiger charge is 2.11. The lowest BCUT2D eigenvalue weighted by Gasteiger charge is -2.25. The Balaban J connectivity index is 3.77. The summed E-state index contributed by atoms with van der Waals surface area (Å²) in [5.41, 5.74) is 0. The van der Waals surface area contributed by atoms with Crippen LogP contribution >= 0.6 is 11.6 Å². The lowest BCUT2D eigenvalue weighted by Crippen LogP contribution is -2.37. The van der Waals surface area contributed by atoms with E-state index in [1.165, 1.54) is 0 Å². The van der Waals surface area contributed by atoms with E-state index in [4.69, 9.17) is 11.6 Å². The molecule has 0 unspecified atom stereocenters. The molecule has 0 amide bonds. The zero-order valence-electron chi connectivity index (χ0n) is 10.1. The van der Waals surface area contributed by atoms with Gasteiger partial charge >= 0.3 is 0 Å². The first-order valence-electron chi connectivity index (χ1n) is 5.76. The van der Waals surface area contributed by atoms with E-state index in [1.54, 1.807) is 0 Å². The van der Waals surface area contributed by atoms with Gasteiger partial charge in [0, 0.05) is 13.1 Å². The fourth-order valence-corrected chi connectivity index (χ4v) is 1.97. The molecule has 0 aromatic carbocycles. The van der Waals surface area contributed by atoms with Crippen molar-refractivity contribution in [3.63, 3.8) is 0 Å². The second kappa shape index (κ2) is 8.51. The van der Waals surface area contributed by atoms with Crippen LogP contribution in [-0.4, -0.2) is 54.4 Å². The van der Waals surface area contributed by atoms with Crippen LogP contribution < -0.4 is 0 Å². The van der Waals surface area contributed by atoms with Gasteiger partial charge in [0.15, 0.2) is 0 Å². The molecule has 0 aliphatic heterocycles. The third kappa shape index (κ3) is 5.84. The van der Waals surface area contributed by atoms with Crippen LogP contribution in [0.3, 0.4) is 0 Å². The Labute approximate surface area is 94.2 Å². The fraction of sp³-hybridized carbons (Fsp3) is 1.00. The molecule has 0 spiro atoms. The molecular formula is C11H25ClN2. The van der Waals surface area contributed by atoms with Crippen LogP contribution in [0.4, 0.5) is 0 Å². The molecule has 2 nitrogen and oxygen atoms in total. The Morgan fingerprint density at radius 3 is 1.29 bits per heavy atom. The summed E-state index contributed by atoms with van der Waals surface area (Å²) in [5, 5.41) is 0.259. The van der Waals surface area contributed by atoms with Crippen molar-refractivity contribution in [2.24, 2.45) is 0 Å². The topological polar surface area (TPSA) is 6.48 Å². The number of alkyl halides is 1. The molecule has 0 heterocycles. The van der Waals surface area contributed by atoms with Crippen LogP contribution in [0.5, 0.6) is 0 Å². The maximum absolute atomic E-state index is 6.30. The Morgan fingerprint density at radius 2 is 1.07 bits per heavy atom. The Bertz CT molecular complexity index is 108. The molecule has 14 heavy (non-hydrogen) atoms. The first kappa shape index (κ1) is 14.2. The lowest BCUT2D eigenvalue weighted by molar-refractivity contribution is 0.254. The number of nitrogens with zero attached hydrogens (tertiary/aromatic N) is 2. The van der Waals surface area contributed by atoms with Gasteiger partial charge in [-0.2, -0.15) is 0 Å². The third-order valence-electron chi connectivity index (χ3n) is 2.70. The van der Waals surface area contributed by atoms with Crippen molar-refractivity contribution in [3.05, 3.63) is 0 Å². The van der Waals surface area contributed by atoms with Gasteiger partial charge in [0.2, 0.25) is 0 Å². The third-order valence-corrected chi connectivity index (χ3v) is 2.98. The SMILES string of the molecule is CCN(CC)CC(Cl)CN(CC)CC. The van der Waals surface area contributed by atoms with Crippen molar-refractivity contribution in [2.75, 3.05) is 39.3 Å². The first-order chi connectivity index (χ1) is 6.67. The molecule has 0 saturated heterocycles. The highest BCUT2D eigenvalue weighted by Crippen LogP contribution is 2.03. The van der Waals surface area contributed by atoms with Gasteiger partial charge in [-0.3, -0.25) is 0 Å². The minimum absolute atomic E-state index is 0.259. The van der Waals surface area contributed by atoms with Crippen molar-refractivity contribution < 1.29 is 0 Å². The Morgan fingerprint density at radius 1 is 0.786 bits per heavy atom. The van der Waals surface area contributed by atoms with E-state index in [0.717, 1.165) is 39.3 Å². The molecule has 0 fully saturated rings. The van der Waals surface area contributed by atoms with Crippen LogP contribution in [0.2, 0.25) is 0 Å². The predicted molar refractivity (Wildman–Crippen MR) is 65.2 cm³/mol. The highest BCUT2D eigenvalue weighted by molar-refractivity contribution is 6.21.